The standard InChI is InChI=1S/C50H34N2O/c1-3-18-37(19-4-1)51(41-32-33-45-44-23-9-10-27-48(44)53-49(45)34-41)39-28-30-40(31-29-39)52(38-20-5-2-6-21-38)47-26-13-17-36-16-12-25-46(50(36)47)43-24-11-15-35-14-7-8-22-42(35)43/h1-34H. The summed E-state index contributed by atoms with van der Waals surface area (Å²) in [6, 6.07) is 73.4. The fourth-order valence-electron chi connectivity index (χ4n) is 7.83. The molecule has 0 fully saturated rings. The van der Waals surface area contributed by atoms with Gasteiger partial charge in [0.1, 0.15) is 11.2 Å². The summed E-state index contributed by atoms with van der Waals surface area (Å²) >= 11 is 0. The van der Waals surface area contributed by atoms with E-state index in [1.165, 1.54) is 32.7 Å². The van der Waals surface area contributed by atoms with Gasteiger partial charge in [0, 0.05) is 50.7 Å². The van der Waals surface area contributed by atoms with E-state index in [-0.39, 0.29) is 0 Å². The zero-order chi connectivity index (χ0) is 35.1. The lowest BCUT2D eigenvalue weighted by Crippen LogP contribution is -2.12. The molecular weight excluding hydrogens is 645 g/mol. The van der Waals surface area contributed by atoms with E-state index in [0.29, 0.717) is 0 Å². The molecule has 250 valence electrons. The van der Waals surface area contributed by atoms with Gasteiger partial charge in [0.05, 0.1) is 5.69 Å². The number of fused-ring (bicyclic) bond motifs is 5. The van der Waals surface area contributed by atoms with Gasteiger partial charge < -0.3 is 14.2 Å². The molecule has 10 rings (SSSR count). The predicted molar refractivity (Wildman–Crippen MR) is 224 cm³/mol. The van der Waals surface area contributed by atoms with Crippen LogP contribution in [0, 0.1) is 0 Å². The van der Waals surface area contributed by atoms with Crippen molar-refractivity contribution < 1.29 is 4.42 Å². The first-order chi connectivity index (χ1) is 26.3. The molecule has 10 aromatic rings. The van der Waals surface area contributed by atoms with Crippen molar-refractivity contribution >= 4 is 77.6 Å². The monoisotopic (exact) mass is 678 g/mol. The molecule has 0 aliphatic carbocycles. The van der Waals surface area contributed by atoms with E-state index in [4.69, 9.17) is 4.42 Å². The predicted octanol–water partition coefficient (Wildman–Crippen LogP) is 14.5. The Morgan fingerprint density at radius 1 is 0.302 bits per heavy atom. The lowest BCUT2D eigenvalue weighted by Gasteiger charge is -2.29. The Hall–Kier alpha value is -7.10. The highest BCUT2D eigenvalue weighted by molar-refractivity contribution is 6.12. The minimum atomic E-state index is 0.870. The second kappa shape index (κ2) is 12.9. The van der Waals surface area contributed by atoms with Crippen LogP contribution in [0.4, 0.5) is 34.1 Å². The molecule has 0 spiro atoms. The molecule has 0 radical (unpaired) electrons. The van der Waals surface area contributed by atoms with Gasteiger partial charge in [-0.15, -0.1) is 0 Å². The van der Waals surface area contributed by atoms with Crippen molar-refractivity contribution in [3.05, 3.63) is 206 Å². The van der Waals surface area contributed by atoms with Crippen molar-refractivity contribution in [2.75, 3.05) is 9.80 Å². The molecule has 0 bridgehead atoms. The zero-order valence-electron chi connectivity index (χ0n) is 28.9. The van der Waals surface area contributed by atoms with E-state index in [1.54, 1.807) is 0 Å². The van der Waals surface area contributed by atoms with E-state index in [0.717, 1.165) is 56.1 Å². The first-order valence-corrected chi connectivity index (χ1v) is 18.0. The van der Waals surface area contributed by atoms with Crippen LogP contribution in [0.3, 0.4) is 0 Å². The van der Waals surface area contributed by atoms with Gasteiger partial charge >= 0.3 is 0 Å². The highest BCUT2D eigenvalue weighted by atomic mass is 16.3. The molecule has 1 aromatic heterocycles. The summed E-state index contributed by atoms with van der Waals surface area (Å²) in [5.74, 6) is 0. The highest BCUT2D eigenvalue weighted by Crippen LogP contribution is 2.45. The van der Waals surface area contributed by atoms with Gasteiger partial charge in [-0.3, -0.25) is 0 Å². The van der Waals surface area contributed by atoms with Crippen LogP contribution in [0.2, 0.25) is 0 Å². The Bertz CT molecular complexity index is 2880. The minimum Gasteiger partial charge on any atom is -0.456 e. The number of hydrogen-bond donors (Lipinski definition) is 0. The first kappa shape index (κ1) is 30.7. The summed E-state index contributed by atoms with van der Waals surface area (Å²) in [5, 5.41) is 7.13. The second-order valence-corrected chi connectivity index (χ2v) is 13.3. The number of nitrogens with zero attached hydrogens (tertiary/aromatic N) is 2. The molecule has 0 N–H and O–H groups in total. The molecule has 0 atom stereocenters. The fourth-order valence-corrected chi connectivity index (χ4v) is 7.83. The Kier molecular flexibility index (Phi) is 7.47. The summed E-state index contributed by atoms with van der Waals surface area (Å²) < 4.78 is 6.33. The molecule has 0 saturated carbocycles. The Morgan fingerprint density at radius 2 is 0.811 bits per heavy atom. The van der Waals surface area contributed by atoms with Crippen molar-refractivity contribution in [3.63, 3.8) is 0 Å². The Morgan fingerprint density at radius 3 is 1.57 bits per heavy atom. The summed E-state index contributed by atoms with van der Waals surface area (Å²) in [6.07, 6.45) is 0. The van der Waals surface area contributed by atoms with E-state index < -0.39 is 0 Å². The van der Waals surface area contributed by atoms with Crippen molar-refractivity contribution in [1.29, 1.82) is 0 Å². The van der Waals surface area contributed by atoms with Crippen molar-refractivity contribution in [2.24, 2.45) is 0 Å². The summed E-state index contributed by atoms with van der Waals surface area (Å²) in [5.41, 5.74) is 10.7. The largest absolute Gasteiger partial charge is 0.456 e. The normalized spacial score (nSPS) is 11.4. The lowest BCUT2D eigenvalue weighted by atomic mass is 9.92. The van der Waals surface area contributed by atoms with Crippen LogP contribution >= 0.6 is 0 Å². The maximum absolute atomic E-state index is 6.33. The van der Waals surface area contributed by atoms with Gasteiger partial charge in [-0.25, -0.2) is 0 Å². The third-order valence-electron chi connectivity index (χ3n) is 10.2. The third-order valence-corrected chi connectivity index (χ3v) is 10.2. The van der Waals surface area contributed by atoms with Gasteiger partial charge in [-0.1, -0.05) is 127 Å². The van der Waals surface area contributed by atoms with Crippen LogP contribution in [-0.2, 0) is 0 Å². The van der Waals surface area contributed by atoms with Gasteiger partial charge in [0.25, 0.3) is 0 Å². The maximum Gasteiger partial charge on any atom is 0.137 e. The van der Waals surface area contributed by atoms with Crippen LogP contribution in [0.1, 0.15) is 0 Å². The zero-order valence-corrected chi connectivity index (χ0v) is 28.9. The molecule has 0 amide bonds. The Labute approximate surface area is 308 Å². The SMILES string of the molecule is c1ccc(N(c2ccc(N(c3ccccc3)c3cccc4cccc(-c5cccc6ccccc56)c34)cc2)c2ccc3c(c2)oc2ccccc23)cc1. The average molecular weight is 679 g/mol. The molecule has 53 heavy (non-hydrogen) atoms. The number of rotatable bonds is 7. The van der Waals surface area contributed by atoms with E-state index >= 15 is 0 Å². The average Bonchev–Trinajstić information content (AvgIpc) is 3.60. The molecule has 0 saturated heterocycles. The molecule has 0 unspecified atom stereocenters. The number of furan rings is 1. The maximum atomic E-state index is 6.33. The van der Waals surface area contributed by atoms with Gasteiger partial charge in [-0.05, 0) is 100 Å². The molecule has 1 heterocycles. The summed E-state index contributed by atoms with van der Waals surface area (Å²) in [7, 11) is 0. The van der Waals surface area contributed by atoms with Crippen molar-refractivity contribution in [3.8, 4) is 11.1 Å². The van der Waals surface area contributed by atoms with Gasteiger partial charge in [0.2, 0.25) is 0 Å². The first-order valence-electron chi connectivity index (χ1n) is 18.0. The third kappa shape index (κ3) is 5.38. The molecule has 9 aromatic carbocycles. The van der Waals surface area contributed by atoms with Crippen LogP contribution < -0.4 is 9.80 Å². The minimum absolute atomic E-state index is 0.870. The van der Waals surface area contributed by atoms with Crippen molar-refractivity contribution in [1.82, 2.24) is 0 Å². The summed E-state index contributed by atoms with van der Waals surface area (Å²) in [4.78, 5) is 4.67. The Balaban J connectivity index is 1.13. The van der Waals surface area contributed by atoms with Crippen LogP contribution in [-0.4, -0.2) is 0 Å². The quantitative estimate of drug-likeness (QED) is 0.167. The number of para-hydroxylation sites is 3. The van der Waals surface area contributed by atoms with E-state index in [2.05, 4.69) is 204 Å². The van der Waals surface area contributed by atoms with Gasteiger partial charge in [-0.2, -0.15) is 0 Å². The fraction of sp³-hybridized carbons (Fsp3) is 0. The van der Waals surface area contributed by atoms with E-state index in [1.807, 2.05) is 12.1 Å². The topological polar surface area (TPSA) is 19.6 Å². The summed E-state index contributed by atoms with van der Waals surface area (Å²) in [6.45, 7) is 0. The van der Waals surface area contributed by atoms with Crippen LogP contribution in [0.15, 0.2) is 211 Å². The number of benzene rings is 9. The molecular formula is C50H34N2O. The highest BCUT2D eigenvalue weighted by Gasteiger charge is 2.20. The number of hydrogen-bond acceptors (Lipinski definition) is 3. The van der Waals surface area contributed by atoms with Crippen molar-refractivity contribution in [2.45, 2.75) is 0 Å². The van der Waals surface area contributed by atoms with E-state index in [9.17, 15) is 0 Å². The number of anilines is 6. The van der Waals surface area contributed by atoms with Crippen LogP contribution in [0.25, 0.3) is 54.6 Å². The smallest absolute Gasteiger partial charge is 0.137 e. The van der Waals surface area contributed by atoms with Gasteiger partial charge in [0.15, 0.2) is 0 Å². The molecule has 3 heteroatoms. The molecule has 3 nitrogen and oxygen atoms in total. The molecule has 0 aliphatic rings. The second-order valence-electron chi connectivity index (χ2n) is 13.3. The lowest BCUT2D eigenvalue weighted by molar-refractivity contribution is 0.669. The van der Waals surface area contributed by atoms with Crippen LogP contribution in [0.5, 0.6) is 0 Å². The molecule has 0 aliphatic heterocycles.